The van der Waals surface area contributed by atoms with E-state index in [0.717, 1.165) is 37.8 Å². The van der Waals surface area contributed by atoms with Gasteiger partial charge in [0, 0.05) is 13.1 Å². The van der Waals surface area contributed by atoms with Crippen molar-refractivity contribution >= 4 is 39.8 Å². The zero-order valence-electron chi connectivity index (χ0n) is 16.6. The Morgan fingerprint density at radius 1 is 1.32 bits per heavy atom. The van der Waals surface area contributed by atoms with Gasteiger partial charge in [0.2, 0.25) is 0 Å². The summed E-state index contributed by atoms with van der Waals surface area (Å²) in [6.45, 7) is 6.21. The molecule has 0 aromatic carbocycles. The van der Waals surface area contributed by atoms with E-state index in [1.54, 1.807) is 6.26 Å². The molecule has 0 spiro atoms. The summed E-state index contributed by atoms with van der Waals surface area (Å²) in [5, 5.41) is 6.60. The fraction of sp³-hybridized carbons (Fsp3) is 0.737. The summed E-state index contributed by atoms with van der Waals surface area (Å²) in [7, 11) is -2.84. The largest absolute Gasteiger partial charge is 0.468 e. The van der Waals surface area contributed by atoms with E-state index in [2.05, 4.69) is 15.5 Å². The first-order valence-corrected chi connectivity index (χ1v) is 11.9. The van der Waals surface area contributed by atoms with E-state index in [0.29, 0.717) is 18.8 Å². The number of halogens is 1. The second-order valence-corrected chi connectivity index (χ2v) is 9.73. The molecule has 0 radical (unpaired) electrons. The predicted molar refractivity (Wildman–Crippen MR) is 123 cm³/mol. The highest BCUT2D eigenvalue weighted by Crippen LogP contribution is 2.25. The number of furan rings is 1. The predicted octanol–water partition coefficient (Wildman–Crippen LogP) is 2.41. The Bertz CT molecular complexity index is 703. The van der Waals surface area contributed by atoms with Crippen LogP contribution in [0.4, 0.5) is 0 Å². The number of aliphatic imine (C=N–C) groups is 1. The molecular weight excluding hydrogens is 491 g/mol. The number of guanidine groups is 1. The number of likely N-dealkylation sites (tertiary alicyclic amines) is 1. The molecule has 1 aromatic rings. The zero-order valence-corrected chi connectivity index (χ0v) is 19.7. The monoisotopic (exact) mass is 524 g/mol. The van der Waals surface area contributed by atoms with Gasteiger partial charge in [0.1, 0.15) is 5.76 Å². The maximum atomic E-state index is 11.6. The Balaban J connectivity index is 0.00000280. The van der Waals surface area contributed by atoms with E-state index in [9.17, 15) is 8.42 Å². The SMILES string of the molecule is CCNC(=NCC(c1ccco1)N1CCCCC1)NCC1CCS(=O)(=O)C1.I. The van der Waals surface area contributed by atoms with E-state index >= 15 is 0 Å². The Labute approximate surface area is 185 Å². The number of piperidine rings is 1. The van der Waals surface area contributed by atoms with Gasteiger partial charge >= 0.3 is 0 Å². The molecule has 0 saturated carbocycles. The van der Waals surface area contributed by atoms with Crippen LogP contribution in [0.1, 0.15) is 44.4 Å². The lowest BCUT2D eigenvalue weighted by molar-refractivity contribution is 0.150. The van der Waals surface area contributed by atoms with Crippen LogP contribution in [0.2, 0.25) is 0 Å². The van der Waals surface area contributed by atoms with Crippen molar-refractivity contribution in [2.45, 2.75) is 38.6 Å². The molecule has 0 aliphatic carbocycles. The number of sulfone groups is 1. The Hall–Kier alpha value is -0.810. The molecule has 2 N–H and O–H groups in total. The molecule has 1 aromatic heterocycles. The van der Waals surface area contributed by atoms with Gasteiger partial charge < -0.3 is 15.1 Å². The molecule has 9 heteroatoms. The topological polar surface area (TPSA) is 86.9 Å². The minimum Gasteiger partial charge on any atom is -0.468 e. The third-order valence-corrected chi connectivity index (χ3v) is 7.19. The standard InChI is InChI=1S/C19H32N4O3S.HI/c1-2-20-19(21-13-16-8-12-27(24,25)15-16)22-14-17(18-7-6-11-26-18)23-9-4-3-5-10-23;/h6-7,11,16-17H,2-5,8-10,12-15H2,1H3,(H2,20,21,22);1H. The average molecular weight is 524 g/mol. The highest BCUT2D eigenvalue weighted by atomic mass is 127. The molecule has 7 nitrogen and oxygen atoms in total. The number of hydrogen-bond acceptors (Lipinski definition) is 5. The van der Waals surface area contributed by atoms with Crippen LogP contribution in [0, 0.1) is 5.92 Å². The summed E-state index contributed by atoms with van der Waals surface area (Å²) >= 11 is 0. The second-order valence-electron chi connectivity index (χ2n) is 7.50. The van der Waals surface area contributed by atoms with Crippen LogP contribution < -0.4 is 10.6 Å². The number of hydrogen-bond donors (Lipinski definition) is 2. The Morgan fingerprint density at radius 3 is 2.71 bits per heavy atom. The van der Waals surface area contributed by atoms with Gasteiger partial charge in [-0.2, -0.15) is 0 Å². The third-order valence-electron chi connectivity index (χ3n) is 5.35. The summed E-state index contributed by atoms with van der Waals surface area (Å²) in [5.74, 6) is 2.46. The van der Waals surface area contributed by atoms with Crippen molar-refractivity contribution in [1.82, 2.24) is 15.5 Å². The van der Waals surface area contributed by atoms with E-state index in [1.807, 2.05) is 19.1 Å². The van der Waals surface area contributed by atoms with Crippen molar-refractivity contribution in [1.29, 1.82) is 0 Å². The van der Waals surface area contributed by atoms with Crippen molar-refractivity contribution in [2.24, 2.45) is 10.9 Å². The van der Waals surface area contributed by atoms with Gasteiger partial charge in [-0.15, -0.1) is 24.0 Å². The first-order chi connectivity index (χ1) is 13.1. The lowest BCUT2D eigenvalue weighted by Crippen LogP contribution is -2.41. The van der Waals surface area contributed by atoms with E-state index < -0.39 is 9.84 Å². The van der Waals surface area contributed by atoms with Gasteiger partial charge in [0.05, 0.1) is 30.4 Å². The number of nitrogens with zero attached hydrogens (tertiary/aromatic N) is 2. The molecule has 0 amide bonds. The summed E-state index contributed by atoms with van der Waals surface area (Å²) in [6, 6.07) is 4.10. The molecule has 160 valence electrons. The lowest BCUT2D eigenvalue weighted by Gasteiger charge is -2.32. The molecule has 2 fully saturated rings. The maximum absolute atomic E-state index is 11.6. The minimum absolute atomic E-state index is 0. The molecule has 2 aliphatic heterocycles. The smallest absolute Gasteiger partial charge is 0.191 e. The maximum Gasteiger partial charge on any atom is 0.191 e. The average Bonchev–Trinajstić information content (AvgIpc) is 3.30. The van der Waals surface area contributed by atoms with Crippen LogP contribution in [-0.4, -0.2) is 63.5 Å². The Kier molecular flexibility index (Phi) is 9.55. The normalized spacial score (nSPS) is 23.8. The van der Waals surface area contributed by atoms with Crippen LogP contribution >= 0.6 is 24.0 Å². The molecule has 0 bridgehead atoms. The first kappa shape index (κ1) is 23.5. The summed E-state index contributed by atoms with van der Waals surface area (Å²) in [4.78, 5) is 7.24. The highest BCUT2D eigenvalue weighted by Gasteiger charge is 2.28. The van der Waals surface area contributed by atoms with Gasteiger partial charge in [-0.25, -0.2) is 8.42 Å². The number of rotatable bonds is 7. The van der Waals surface area contributed by atoms with Gasteiger partial charge in [-0.1, -0.05) is 6.42 Å². The molecular formula is C19H33IN4O3S. The van der Waals surface area contributed by atoms with Gasteiger partial charge in [0.25, 0.3) is 0 Å². The van der Waals surface area contributed by atoms with Crippen molar-refractivity contribution in [3.63, 3.8) is 0 Å². The van der Waals surface area contributed by atoms with Gasteiger partial charge in [-0.3, -0.25) is 9.89 Å². The molecule has 2 aliphatic rings. The molecule has 3 heterocycles. The molecule has 3 rings (SSSR count). The van der Waals surface area contributed by atoms with Gasteiger partial charge in [0.15, 0.2) is 15.8 Å². The zero-order chi connectivity index (χ0) is 19.1. The first-order valence-electron chi connectivity index (χ1n) is 10.1. The molecule has 2 unspecified atom stereocenters. The van der Waals surface area contributed by atoms with Crippen molar-refractivity contribution < 1.29 is 12.8 Å². The van der Waals surface area contributed by atoms with E-state index in [4.69, 9.17) is 9.41 Å². The van der Waals surface area contributed by atoms with Crippen LogP contribution in [0.15, 0.2) is 27.8 Å². The lowest BCUT2D eigenvalue weighted by atomic mass is 10.1. The van der Waals surface area contributed by atoms with Crippen LogP contribution in [0.3, 0.4) is 0 Å². The Morgan fingerprint density at radius 2 is 2.11 bits per heavy atom. The van der Waals surface area contributed by atoms with Crippen LogP contribution in [0.5, 0.6) is 0 Å². The van der Waals surface area contributed by atoms with E-state index in [-0.39, 0.29) is 41.7 Å². The summed E-state index contributed by atoms with van der Waals surface area (Å²) < 4.78 is 29.0. The van der Waals surface area contributed by atoms with Crippen molar-refractivity contribution in [3.8, 4) is 0 Å². The summed E-state index contributed by atoms with van der Waals surface area (Å²) in [6.07, 6.45) is 6.18. The molecule has 2 saturated heterocycles. The van der Waals surface area contributed by atoms with Crippen LogP contribution in [-0.2, 0) is 9.84 Å². The quantitative estimate of drug-likeness (QED) is 0.324. The van der Waals surface area contributed by atoms with Crippen LogP contribution in [0.25, 0.3) is 0 Å². The minimum atomic E-state index is -2.84. The van der Waals surface area contributed by atoms with Crippen molar-refractivity contribution in [3.05, 3.63) is 24.2 Å². The molecule has 2 atom stereocenters. The fourth-order valence-corrected chi connectivity index (χ4v) is 5.75. The van der Waals surface area contributed by atoms with Gasteiger partial charge in [-0.05, 0) is 57.3 Å². The summed E-state index contributed by atoms with van der Waals surface area (Å²) in [5.41, 5.74) is 0. The third kappa shape index (κ3) is 6.91. The second kappa shape index (κ2) is 11.4. The highest BCUT2D eigenvalue weighted by molar-refractivity contribution is 14.0. The van der Waals surface area contributed by atoms with Crippen molar-refractivity contribution in [2.75, 3.05) is 44.2 Å². The number of nitrogens with one attached hydrogen (secondary N) is 2. The molecule has 28 heavy (non-hydrogen) atoms. The van der Waals surface area contributed by atoms with E-state index in [1.165, 1.54) is 19.3 Å². The fourth-order valence-electron chi connectivity index (χ4n) is 3.89.